The molecule has 5 N–H and O–H groups in total. The van der Waals surface area contributed by atoms with Crippen LogP contribution in [0.2, 0.25) is 0 Å². The number of carboxylic acid groups (broad SMARTS) is 1. The SMILES string of the molecule is CC(O)C1C(=O)N2C(C(=O)O)=C(C(NC(N)=O)S(C)(=O)=O)CC12. The zero-order valence-electron chi connectivity index (χ0n) is 12.4. The van der Waals surface area contributed by atoms with Crippen LogP contribution in [0, 0.1) is 5.92 Å². The number of nitrogens with two attached hydrogens (primary N) is 1. The van der Waals surface area contributed by atoms with Gasteiger partial charge in [0.15, 0.2) is 15.2 Å². The summed E-state index contributed by atoms with van der Waals surface area (Å²) >= 11 is 0. The maximum absolute atomic E-state index is 12.0. The van der Waals surface area contributed by atoms with Crippen molar-refractivity contribution < 1.29 is 33.0 Å². The van der Waals surface area contributed by atoms with Crippen molar-refractivity contribution in [1.82, 2.24) is 10.2 Å². The van der Waals surface area contributed by atoms with Gasteiger partial charge >= 0.3 is 12.0 Å². The number of urea groups is 1. The Morgan fingerprint density at radius 3 is 2.39 bits per heavy atom. The molecule has 0 saturated carbocycles. The van der Waals surface area contributed by atoms with E-state index in [2.05, 4.69) is 0 Å². The molecule has 23 heavy (non-hydrogen) atoms. The second kappa shape index (κ2) is 5.49. The van der Waals surface area contributed by atoms with Crippen LogP contribution in [0.15, 0.2) is 11.3 Å². The Labute approximate surface area is 131 Å². The molecule has 2 heterocycles. The maximum Gasteiger partial charge on any atom is 0.352 e. The van der Waals surface area contributed by atoms with Crippen LogP contribution >= 0.6 is 0 Å². The Morgan fingerprint density at radius 2 is 2.00 bits per heavy atom. The normalized spacial score (nSPS) is 26.4. The Hall–Kier alpha value is -2.14. The number of sulfone groups is 1. The number of nitrogens with one attached hydrogen (secondary N) is 1. The Bertz CT molecular complexity index is 712. The van der Waals surface area contributed by atoms with Crippen molar-refractivity contribution >= 4 is 27.7 Å². The molecule has 1 fully saturated rings. The highest BCUT2D eigenvalue weighted by Crippen LogP contribution is 2.45. The molecule has 0 bridgehead atoms. The van der Waals surface area contributed by atoms with Gasteiger partial charge < -0.3 is 26.2 Å². The molecular formula is C12H17N3O7S. The van der Waals surface area contributed by atoms with Gasteiger partial charge in [-0.25, -0.2) is 18.0 Å². The second-order valence-corrected chi connectivity index (χ2v) is 7.77. The van der Waals surface area contributed by atoms with E-state index in [0.29, 0.717) is 0 Å². The molecule has 2 rings (SSSR count). The third-order valence-corrected chi connectivity index (χ3v) is 5.24. The zero-order chi connectivity index (χ0) is 17.7. The quantitative estimate of drug-likeness (QED) is 0.416. The van der Waals surface area contributed by atoms with Crippen molar-refractivity contribution in [3.05, 3.63) is 11.3 Å². The van der Waals surface area contributed by atoms with Crippen molar-refractivity contribution in [2.45, 2.75) is 30.9 Å². The van der Waals surface area contributed by atoms with Crippen molar-refractivity contribution in [3.8, 4) is 0 Å². The van der Waals surface area contributed by atoms with Crippen LogP contribution in [0.1, 0.15) is 13.3 Å². The van der Waals surface area contributed by atoms with Gasteiger partial charge in [-0.2, -0.15) is 0 Å². The van der Waals surface area contributed by atoms with Gasteiger partial charge in [0.2, 0.25) is 5.91 Å². The summed E-state index contributed by atoms with van der Waals surface area (Å²) in [7, 11) is -3.92. The summed E-state index contributed by atoms with van der Waals surface area (Å²) in [5.41, 5.74) is 4.35. The molecule has 0 aromatic carbocycles. The predicted octanol–water partition coefficient (Wildman–Crippen LogP) is -2.02. The Morgan fingerprint density at radius 1 is 1.43 bits per heavy atom. The van der Waals surface area contributed by atoms with Crippen LogP contribution < -0.4 is 11.1 Å². The van der Waals surface area contributed by atoms with E-state index in [4.69, 9.17) is 5.73 Å². The van der Waals surface area contributed by atoms with E-state index in [1.54, 1.807) is 0 Å². The van der Waals surface area contributed by atoms with Crippen molar-refractivity contribution in [2.75, 3.05) is 6.26 Å². The molecule has 3 amide bonds. The number of rotatable bonds is 5. The predicted molar refractivity (Wildman–Crippen MR) is 76.4 cm³/mol. The minimum atomic E-state index is -3.92. The molecule has 0 spiro atoms. The molecule has 4 atom stereocenters. The fourth-order valence-corrected chi connectivity index (χ4v) is 4.17. The van der Waals surface area contributed by atoms with Crippen LogP contribution in [-0.2, 0) is 19.4 Å². The van der Waals surface area contributed by atoms with Gasteiger partial charge in [-0.1, -0.05) is 0 Å². The van der Waals surface area contributed by atoms with Crippen molar-refractivity contribution in [2.24, 2.45) is 11.7 Å². The summed E-state index contributed by atoms with van der Waals surface area (Å²) in [5.74, 6) is -2.89. The number of aliphatic hydroxyl groups is 1. The number of carboxylic acids is 1. The summed E-state index contributed by atoms with van der Waals surface area (Å²) in [6, 6.07) is -1.78. The molecule has 0 aromatic heterocycles. The first-order chi connectivity index (χ1) is 10.5. The average molecular weight is 347 g/mol. The first-order valence-electron chi connectivity index (χ1n) is 6.69. The number of hydrogen-bond donors (Lipinski definition) is 4. The van der Waals surface area contributed by atoms with E-state index in [1.165, 1.54) is 6.92 Å². The molecule has 128 valence electrons. The molecule has 0 radical (unpaired) electrons. The highest BCUT2D eigenvalue weighted by Gasteiger charge is 2.58. The number of fused-ring (bicyclic) bond motifs is 1. The van der Waals surface area contributed by atoms with E-state index in [1.807, 2.05) is 5.32 Å². The Kier molecular flexibility index (Phi) is 4.11. The number of β-lactam (4-membered cyclic amide) rings is 1. The van der Waals surface area contributed by atoms with Gasteiger partial charge in [-0.15, -0.1) is 0 Å². The number of aliphatic hydroxyl groups excluding tert-OH is 1. The molecule has 2 aliphatic rings. The molecule has 0 aliphatic carbocycles. The van der Waals surface area contributed by atoms with E-state index in [0.717, 1.165) is 11.2 Å². The highest BCUT2D eigenvalue weighted by atomic mass is 32.2. The molecular weight excluding hydrogens is 330 g/mol. The minimum Gasteiger partial charge on any atom is -0.477 e. The second-order valence-electron chi connectivity index (χ2n) is 5.64. The first kappa shape index (κ1) is 17.2. The number of primary amides is 1. The maximum atomic E-state index is 12.0. The number of aliphatic carboxylic acids is 1. The lowest BCUT2D eigenvalue weighted by molar-refractivity contribution is -0.161. The number of nitrogens with zero attached hydrogens (tertiary/aromatic N) is 1. The van der Waals surface area contributed by atoms with Gasteiger partial charge in [0.25, 0.3) is 0 Å². The minimum absolute atomic E-state index is 0.0824. The van der Waals surface area contributed by atoms with Gasteiger partial charge in [-0.05, 0) is 13.3 Å². The lowest BCUT2D eigenvalue weighted by atomic mass is 9.83. The van der Waals surface area contributed by atoms with Crippen LogP contribution in [0.5, 0.6) is 0 Å². The van der Waals surface area contributed by atoms with Crippen molar-refractivity contribution in [1.29, 1.82) is 0 Å². The van der Waals surface area contributed by atoms with Crippen LogP contribution in [0.4, 0.5) is 4.79 Å². The van der Waals surface area contributed by atoms with Crippen LogP contribution in [0.25, 0.3) is 0 Å². The number of carbonyl (C=O) groups is 3. The van der Waals surface area contributed by atoms with E-state index >= 15 is 0 Å². The highest BCUT2D eigenvalue weighted by molar-refractivity contribution is 7.91. The molecule has 1 saturated heterocycles. The van der Waals surface area contributed by atoms with E-state index in [-0.39, 0.29) is 12.0 Å². The summed E-state index contributed by atoms with van der Waals surface area (Å²) in [5, 5.41) is 19.3. The van der Waals surface area contributed by atoms with Crippen molar-refractivity contribution in [3.63, 3.8) is 0 Å². The molecule has 0 aromatic rings. The average Bonchev–Trinajstić information content (AvgIpc) is 2.68. The van der Waals surface area contributed by atoms with Gasteiger partial charge in [0, 0.05) is 11.8 Å². The largest absolute Gasteiger partial charge is 0.477 e. The summed E-state index contributed by atoms with van der Waals surface area (Å²) < 4.78 is 23.8. The molecule has 10 nitrogen and oxygen atoms in total. The summed E-state index contributed by atoms with van der Waals surface area (Å²) in [6.45, 7) is 1.40. The van der Waals surface area contributed by atoms with E-state index < -0.39 is 56.9 Å². The molecule has 4 unspecified atom stereocenters. The third-order valence-electron chi connectivity index (χ3n) is 3.98. The molecule has 2 aliphatic heterocycles. The summed E-state index contributed by atoms with van der Waals surface area (Å²) in [6.07, 6.45) is -0.260. The first-order valence-corrected chi connectivity index (χ1v) is 8.64. The number of hydrogen-bond acceptors (Lipinski definition) is 6. The Balaban J connectivity index is 2.50. The monoisotopic (exact) mass is 347 g/mol. The van der Waals surface area contributed by atoms with Crippen LogP contribution in [-0.4, -0.2) is 65.2 Å². The van der Waals surface area contributed by atoms with Gasteiger partial charge in [0.1, 0.15) is 5.70 Å². The fourth-order valence-electron chi connectivity index (χ4n) is 3.12. The number of amides is 3. The topological polar surface area (TPSA) is 167 Å². The van der Waals surface area contributed by atoms with Gasteiger partial charge in [-0.3, -0.25) is 4.79 Å². The fraction of sp³-hybridized carbons (Fsp3) is 0.583. The van der Waals surface area contributed by atoms with Crippen LogP contribution in [0.3, 0.4) is 0 Å². The molecule has 11 heteroatoms. The summed E-state index contributed by atoms with van der Waals surface area (Å²) in [4.78, 5) is 35.6. The van der Waals surface area contributed by atoms with E-state index in [9.17, 15) is 33.0 Å². The third kappa shape index (κ3) is 2.77. The van der Waals surface area contributed by atoms with Gasteiger partial charge in [0.05, 0.1) is 18.1 Å². The standard InChI is InChI=1S/C12H17N3O7S/c1-4(16)7-6-3-5(8(11(18)19)15(6)10(7)17)9(14-12(13)20)23(2,21)22/h4,6-7,9,16H,3H2,1-2H3,(H,18,19)(H3,13,14,20). The lowest BCUT2D eigenvalue weighted by Crippen LogP contribution is -2.61. The zero-order valence-corrected chi connectivity index (χ0v) is 13.2. The lowest BCUT2D eigenvalue weighted by Gasteiger charge is -2.44. The smallest absolute Gasteiger partial charge is 0.352 e. The number of carbonyl (C=O) groups excluding carboxylic acids is 2.